The van der Waals surface area contributed by atoms with Crippen molar-refractivity contribution in [2.45, 2.75) is 45.2 Å². The first-order valence-corrected chi connectivity index (χ1v) is 15.8. The van der Waals surface area contributed by atoms with E-state index in [1.54, 1.807) is 0 Å². The van der Waals surface area contributed by atoms with E-state index in [0.717, 1.165) is 32.1 Å². The number of anilines is 1. The molecule has 1 unspecified atom stereocenters. The molecule has 1 atom stereocenters. The second kappa shape index (κ2) is 10.8. The highest BCUT2D eigenvalue weighted by atomic mass is 15.3. The Bertz CT molecular complexity index is 1910. The zero-order valence-corrected chi connectivity index (χ0v) is 24.7. The lowest BCUT2D eigenvalue weighted by Crippen LogP contribution is -2.36. The van der Waals surface area contributed by atoms with Crippen LogP contribution in [0, 0.1) is 0 Å². The Morgan fingerprint density at radius 3 is 2.00 bits per heavy atom. The van der Waals surface area contributed by atoms with Gasteiger partial charge in [-0.25, -0.2) is 0 Å². The molecule has 0 saturated carbocycles. The fourth-order valence-corrected chi connectivity index (χ4v) is 7.33. The molecule has 2 aliphatic carbocycles. The minimum Gasteiger partial charge on any atom is -0.367 e. The van der Waals surface area contributed by atoms with Gasteiger partial charge in [0.1, 0.15) is 6.17 Å². The number of allylic oxidation sites excluding steroid dienone is 4. The Kier molecular flexibility index (Phi) is 6.48. The van der Waals surface area contributed by atoms with Gasteiger partial charge in [-0.2, -0.15) is 0 Å². The third-order valence-electron chi connectivity index (χ3n) is 9.37. The first-order valence-electron chi connectivity index (χ1n) is 15.8. The van der Waals surface area contributed by atoms with Gasteiger partial charge in [-0.1, -0.05) is 116 Å². The largest absolute Gasteiger partial charge is 0.367 e. The number of benzene rings is 5. The molecule has 210 valence electrons. The molecular formula is C41H36N2. The first-order chi connectivity index (χ1) is 21.3. The third-order valence-corrected chi connectivity index (χ3v) is 9.37. The lowest BCUT2D eigenvalue weighted by molar-refractivity contribution is 0.580. The van der Waals surface area contributed by atoms with Gasteiger partial charge in [-0.05, 0) is 106 Å². The van der Waals surface area contributed by atoms with E-state index in [4.69, 9.17) is 0 Å². The van der Waals surface area contributed by atoms with Crippen LogP contribution in [0.4, 0.5) is 5.69 Å². The number of nitrogens with one attached hydrogen (secondary N) is 1. The molecule has 0 amide bonds. The predicted octanol–water partition coefficient (Wildman–Crippen LogP) is 10.5. The zero-order chi connectivity index (χ0) is 28.8. The standard InChI is InChI=1S/C41H36N2/c1-2-39-42-37-18-10-11-19-38(37)43(39)32-26-24-31(25-27-32)41-35-16-8-6-14-33(35)40(34-15-7-9-17-36(34)41)30-22-20-29(21-23-30)28-12-4-3-5-13-28/h3-8,11-16,19-27,39,42H,2,9-10,17-18H2,1H3. The molecule has 8 rings (SSSR count). The van der Waals surface area contributed by atoms with E-state index >= 15 is 0 Å². The Labute approximate surface area is 254 Å². The molecule has 2 nitrogen and oxygen atoms in total. The summed E-state index contributed by atoms with van der Waals surface area (Å²) < 4.78 is 0. The summed E-state index contributed by atoms with van der Waals surface area (Å²) in [6.07, 6.45) is 15.0. The maximum atomic E-state index is 3.78. The highest BCUT2D eigenvalue weighted by molar-refractivity contribution is 6.10. The van der Waals surface area contributed by atoms with Crippen molar-refractivity contribution < 1.29 is 0 Å². The van der Waals surface area contributed by atoms with E-state index in [0.29, 0.717) is 6.17 Å². The molecule has 0 saturated heterocycles. The van der Waals surface area contributed by atoms with Crippen LogP contribution in [0.2, 0.25) is 0 Å². The summed E-state index contributed by atoms with van der Waals surface area (Å²) in [6, 6.07) is 38.1. The van der Waals surface area contributed by atoms with Gasteiger partial charge >= 0.3 is 0 Å². The quantitative estimate of drug-likeness (QED) is 0.232. The van der Waals surface area contributed by atoms with Gasteiger partial charge in [0.05, 0.1) is 5.70 Å². The number of fused-ring (bicyclic) bond motifs is 2. The predicted molar refractivity (Wildman–Crippen MR) is 183 cm³/mol. The van der Waals surface area contributed by atoms with E-state index in [2.05, 4.69) is 145 Å². The number of rotatable bonds is 5. The summed E-state index contributed by atoms with van der Waals surface area (Å²) >= 11 is 0. The summed E-state index contributed by atoms with van der Waals surface area (Å²) in [4.78, 5) is 2.49. The number of hydrogen-bond acceptors (Lipinski definition) is 2. The third kappa shape index (κ3) is 4.41. The van der Waals surface area contributed by atoms with Crippen LogP contribution in [-0.2, 0) is 6.42 Å². The van der Waals surface area contributed by atoms with Crippen LogP contribution >= 0.6 is 0 Å². The lowest BCUT2D eigenvalue weighted by Gasteiger charge is -2.28. The molecule has 0 fully saturated rings. The second-order valence-corrected chi connectivity index (χ2v) is 11.9. The van der Waals surface area contributed by atoms with Gasteiger partial charge < -0.3 is 10.2 Å². The van der Waals surface area contributed by atoms with Crippen LogP contribution in [0.5, 0.6) is 0 Å². The minimum atomic E-state index is 0.310. The highest BCUT2D eigenvalue weighted by Gasteiger charge is 2.31. The lowest BCUT2D eigenvalue weighted by atomic mass is 9.80. The van der Waals surface area contributed by atoms with E-state index in [-0.39, 0.29) is 0 Å². The number of hydrogen-bond donors (Lipinski definition) is 1. The van der Waals surface area contributed by atoms with Crippen molar-refractivity contribution in [2.24, 2.45) is 0 Å². The molecule has 5 aromatic carbocycles. The summed E-state index contributed by atoms with van der Waals surface area (Å²) in [5.74, 6) is 0. The molecule has 5 aromatic rings. The van der Waals surface area contributed by atoms with Crippen LogP contribution < -0.4 is 10.2 Å². The van der Waals surface area contributed by atoms with Crippen LogP contribution in [0.1, 0.15) is 43.7 Å². The summed E-state index contributed by atoms with van der Waals surface area (Å²) in [5, 5.41) is 6.43. The molecule has 3 aliphatic rings. The molecular weight excluding hydrogens is 520 g/mol. The van der Waals surface area contributed by atoms with Crippen molar-refractivity contribution in [1.29, 1.82) is 0 Å². The highest BCUT2D eigenvalue weighted by Crippen LogP contribution is 2.45. The molecule has 43 heavy (non-hydrogen) atoms. The summed E-state index contributed by atoms with van der Waals surface area (Å²) in [6.45, 7) is 2.27. The second-order valence-electron chi connectivity index (χ2n) is 11.9. The summed E-state index contributed by atoms with van der Waals surface area (Å²) in [5.41, 5.74) is 14.6. The molecule has 1 N–H and O–H groups in total. The van der Waals surface area contributed by atoms with Gasteiger partial charge in [0.2, 0.25) is 0 Å². The van der Waals surface area contributed by atoms with Crippen molar-refractivity contribution in [3.63, 3.8) is 0 Å². The molecule has 0 bridgehead atoms. The fraction of sp³-hybridized carbons (Fsp3) is 0.171. The average Bonchev–Trinajstić information content (AvgIpc) is 3.47. The van der Waals surface area contributed by atoms with Crippen molar-refractivity contribution >= 4 is 22.5 Å². The van der Waals surface area contributed by atoms with Gasteiger partial charge in [0, 0.05) is 11.4 Å². The maximum Gasteiger partial charge on any atom is 0.103 e. The Hall–Kier alpha value is -4.82. The van der Waals surface area contributed by atoms with E-state index < -0.39 is 0 Å². The molecule has 1 aliphatic heterocycles. The molecule has 1 heterocycles. The van der Waals surface area contributed by atoms with E-state index in [1.807, 2.05) is 0 Å². The van der Waals surface area contributed by atoms with Crippen LogP contribution in [0.3, 0.4) is 0 Å². The van der Waals surface area contributed by atoms with E-state index in [9.17, 15) is 0 Å². The Balaban J connectivity index is 1.25. The summed E-state index contributed by atoms with van der Waals surface area (Å²) in [7, 11) is 0. The molecule has 0 spiro atoms. The van der Waals surface area contributed by atoms with Gasteiger partial charge in [-0.15, -0.1) is 0 Å². The zero-order valence-electron chi connectivity index (χ0n) is 24.7. The van der Waals surface area contributed by atoms with Crippen molar-refractivity contribution in [3.8, 4) is 33.4 Å². The number of nitrogens with zero attached hydrogens (tertiary/aromatic N) is 1. The Morgan fingerprint density at radius 2 is 1.23 bits per heavy atom. The SMILES string of the molecule is CCC1NC2=C(C=CCC2)N1c1ccc(-c2c3c(c(-c4ccc(-c5ccccc5)cc4)c4ccccc24)C=CCC3)cc1. The Morgan fingerprint density at radius 1 is 0.628 bits per heavy atom. The molecule has 2 heteroatoms. The van der Waals surface area contributed by atoms with Gasteiger partial charge in [-0.3, -0.25) is 0 Å². The van der Waals surface area contributed by atoms with Crippen LogP contribution in [-0.4, -0.2) is 6.17 Å². The molecule has 0 radical (unpaired) electrons. The normalized spacial score (nSPS) is 17.2. The minimum absolute atomic E-state index is 0.310. The van der Waals surface area contributed by atoms with Crippen LogP contribution in [0.25, 0.3) is 50.2 Å². The van der Waals surface area contributed by atoms with E-state index in [1.165, 1.54) is 72.4 Å². The van der Waals surface area contributed by atoms with Crippen molar-refractivity contribution in [3.05, 3.63) is 144 Å². The maximum absolute atomic E-state index is 3.78. The topological polar surface area (TPSA) is 15.3 Å². The smallest absolute Gasteiger partial charge is 0.103 e. The van der Waals surface area contributed by atoms with Gasteiger partial charge in [0.25, 0.3) is 0 Å². The monoisotopic (exact) mass is 556 g/mol. The first kappa shape index (κ1) is 25.9. The van der Waals surface area contributed by atoms with Crippen molar-refractivity contribution in [1.82, 2.24) is 5.32 Å². The van der Waals surface area contributed by atoms with Crippen molar-refractivity contribution in [2.75, 3.05) is 4.90 Å². The van der Waals surface area contributed by atoms with Crippen LogP contribution in [0.15, 0.2) is 133 Å². The molecule has 0 aromatic heterocycles. The van der Waals surface area contributed by atoms with Gasteiger partial charge in [0.15, 0.2) is 0 Å². The fourth-order valence-electron chi connectivity index (χ4n) is 7.33. The average molecular weight is 557 g/mol.